The highest BCUT2D eigenvalue weighted by molar-refractivity contribution is 6.31. The van der Waals surface area contributed by atoms with Crippen molar-refractivity contribution in [2.45, 2.75) is 13.5 Å². The molecule has 2 aromatic carbocycles. The third-order valence-electron chi connectivity index (χ3n) is 4.64. The van der Waals surface area contributed by atoms with E-state index in [0.29, 0.717) is 22.8 Å². The minimum Gasteiger partial charge on any atom is -0.462 e. The summed E-state index contributed by atoms with van der Waals surface area (Å²) in [6.07, 6.45) is 4.91. The molecule has 1 aliphatic heterocycles. The predicted molar refractivity (Wildman–Crippen MR) is 121 cm³/mol. The first-order chi connectivity index (χ1) is 15.5. The summed E-state index contributed by atoms with van der Waals surface area (Å²) >= 11 is 6.22. The third-order valence-corrected chi connectivity index (χ3v) is 5.01. The number of esters is 1. The van der Waals surface area contributed by atoms with Crippen LogP contribution in [0.15, 0.2) is 84.2 Å². The Morgan fingerprint density at radius 1 is 1.19 bits per heavy atom. The number of carbonyl (C=O) groups is 2. The molecule has 2 heterocycles. The van der Waals surface area contributed by atoms with Crippen molar-refractivity contribution >= 4 is 35.1 Å². The average molecular weight is 450 g/mol. The molecule has 1 aliphatic rings. The molecule has 4 rings (SSSR count). The summed E-state index contributed by atoms with van der Waals surface area (Å²) in [6, 6.07) is 16.6. The number of hydrogen-bond donors (Lipinski definition) is 1. The maximum Gasteiger partial charge on any atom is 0.347 e. The highest BCUT2D eigenvalue weighted by atomic mass is 35.5. The number of halogens is 1. The van der Waals surface area contributed by atoms with Crippen molar-refractivity contribution < 1.29 is 19.1 Å². The van der Waals surface area contributed by atoms with Crippen molar-refractivity contribution in [3.63, 3.8) is 0 Å². The number of rotatable bonds is 7. The van der Waals surface area contributed by atoms with Gasteiger partial charge >= 0.3 is 5.97 Å². The molecule has 0 spiro atoms. The number of para-hydroxylation sites is 1. The van der Waals surface area contributed by atoms with E-state index in [1.54, 1.807) is 36.1 Å². The summed E-state index contributed by atoms with van der Waals surface area (Å²) in [4.78, 5) is 25.3. The normalized spacial score (nSPS) is 14.6. The molecule has 0 saturated heterocycles. The molecule has 0 saturated carbocycles. The van der Waals surface area contributed by atoms with Gasteiger partial charge in [0.1, 0.15) is 0 Å². The Kier molecular flexibility index (Phi) is 6.37. The topological polar surface area (TPSA) is 82.4 Å². The number of Topliss-reactive ketones (excluding diaryl/α,β-unsaturated/α-hetero) is 1. The number of hydrogen-bond acceptors (Lipinski definition) is 6. The number of carbonyl (C=O) groups excluding carboxylic acids is 2. The van der Waals surface area contributed by atoms with E-state index in [2.05, 4.69) is 10.4 Å². The fourth-order valence-corrected chi connectivity index (χ4v) is 3.35. The van der Waals surface area contributed by atoms with Crippen LogP contribution in [-0.4, -0.2) is 28.1 Å². The van der Waals surface area contributed by atoms with E-state index in [-0.39, 0.29) is 23.8 Å². The number of allylic oxidation sites excluding steroid dienone is 1. The van der Waals surface area contributed by atoms with E-state index in [9.17, 15) is 9.59 Å². The number of ether oxygens (including phenoxy) is 2. The molecule has 1 aromatic heterocycles. The first-order valence-electron chi connectivity index (χ1n) is 9.98. The van der Waals surface area contributed by atoms with Gasteiger partial charge in [0.15, 0.2) is 11.3 Å². The monoisotopic (exact) mass is 449 g/mol. The first kappa shape index (κ1) is 21.4. The molecule has 0 aliphatic carbocycles. The first-order valence-corrected chi connectivity index (χ1v) is 10.4. The standard InChI is InChI=1S/C24H20ClN3O4/c1-2-31-24(30)21-22(29)20(32-23(21)27-18-9-4-3-5-10-18)12-16-13-26-28(14-16)15-17-8-6-7-11-19(17)25/h3-14,27H,2,15H2,1H3/b20-12-. The molecule has 0 amide bonds. The number of benzene rings is 2. The molecule has 0 unspecified atom stereocenters. The second kappa shape index (κ2) is 9.53. The quantitative estimate of drug-likeness (QED) is 0.327. The zero-order chi connectivity index (χ0) is 22.5. The summed E-state index contributed by atoms with van der Waals surface area (Å²) < 4.78 is 12.5. The van der Waals surface area contributed by atoms with E-state index in [1.807, 2.05) is 42.5 Å². The van der Waals surface area contributed by atoms with Gasteiger partial charge in [-0.05, 0) is 36.8 Å². The van der Waals surface area contributed by atoms with Crippen LogP contribution in [0.1, 0.15) is 18.1 Å². The number of anilines is 1. The van der Waals surface area contributed by atoms with Crippen molar-refractivity contribution in [3.8, 4) is 0 Å². The summed E-state index contributed by atoms with van der Waals surface area (Å²) in [7, 11) is 0. The van der Waals surface area contributed by atoms with Gasteiger partial charge in [0.2, 0.25) is 11.7 Å². The van der Waals surface area contributed by atoms with E-state index < -0.39 is 11.8 Å². The number of nitrogens with zero attached hydrogens (tertiary/aromatic N) is 2. The van der Waals surface area contributed by atoms with Crippen molar-refractivity contribution in [1.82, 2.24) is 9.78 Å². The van der Waals surface area contributed by atoms with Crippen molar-refractivity contribution in [1.29, 1.82) is 0 Å². The van der Waals surface area contributed by atoms with Crippen LogP contribution >= 0.6 is 11.6 Å². The molecular formula is C24H20ClN3O4. The van der Waals surface area contributed by atoms with Crippen LogP contribution < -0.4 is 5.32 Å². The van der Waals surface area contributed by atoms with Crippen LogP contribution in [0, 0.1) is 0 Å². The summed E-state index contributed by atoms with van der Waals surface area (Å²) in [5.41, 5.74) is 2.06. The highest BCUT2D eigenvalue weighted by Gasteiger charge is 2.37. The predicted octanol–water partition coefficient (Wildman–Crippen LogP) is 4.41. The van der Waals surface area contributed by atoms with Gasteiger partial charge in [-0.1, -0.05) is 48.0 Å². The maximum atomic E-state index is 12.9. The van der Waals surface area contributed by atoms with Crippen LogP contribution in [0.4, 0.5) is 5.69 Å². The summed E-state index contributed by atoms with van der Waals surface area (Å²) in [5.74, 6) is -1.26. The van der Waals surface area contributed by atoms with Gasteiger partial charge in [0.05, 0.1) is 19.3 Å². The molecule has 0 bridgehead atoms. The Balaban J connectivity index is 1.57. The molecule has 0 radical (unpaired) electrons. The molecule has 0 atom stereocenters. The Morgan fingerprint density at radius 2 is 1.94 bits per heavy atom. The van der Waals surface area contributed by atoms with Crippen molar-refractivity contribution in [3.05, 3.63) is 100 Å². The second-order valence-corrected chi connectivity index (χ2v) is 7.33. The van der Waals surface area contributed by atoms with Gasteiger partial charge in [0.25, 0.3) is 0 Å². The number of nitrogens with one attached hydrogen (secondary N) is 1. The smallest absolute Gasteiger partial charge is 0.347 e. The Hall–Kier alpha value is -3.84. The summed E-state index contributed by atoms with van der Waals surface area (Å²) in [6.45, 7) is 2.29. The van der Waals surface area contributed by atoms with E-state index in [1.165, 1.54) is 6.08 Å². The molecule has 7 nitrogen and oxygen atoms in total. The lowest BCUT2D eigenvalue weighted by molar-refractivity contribution is -0.139. The van der Waals surface area contributed by atoms with Crippen LogP contribution in [0.25, 0.3) is 6.08 Å². The SMILES string of the molecule is CCOC(=O)C1=C(Nc2ccccc2)O/C(=C\c2cnn(Cc3ccccc3Cl)c2)C1=O. The zero-order valence-corrected chi connectivity index (χ0v) is 18.0. The molecular weight excluding hydrogens is 430 g/mol. The fraction of sp³-hybridized carbons (Fsp3) is 0.125. The van der Waals surface area contributed by atoms with E-state index in [4.69, 9.17) is 21.1 Å². The van der Waals surface area contributed by atoms with Crippen LogP contribution in [0.2, 0.25) is 5.02 Å². The van der Waals surface area contributed by atoms with Gasteiger partial charge in [-0.25, -0.2) is 4.79 Å². The molecule has 3 aromatic rings. The largest absolute Gasteiger partial charge is 0.462 e. The van der Waals surface area contributed by atoms with Crippen LogP contribution in [-0.2, 0) is 25.6 Å². The van der Waals surface area contributed by atoms with Gasteiger partial charge in [-0.2, -0.15) is 5.10 Å². The van der Waals surface area contributed by atoms with Gasteiger partial charge < -0.3 is 14.8 Å². The van der Waals surface area contributed by atoms with Gasteiger partial charge in [-0.15, -0.1) is 0 Å². The van der Waals surface area contributed by atoms with Crippen molar-refractivity contribution in [2.24, 2.45) is 0 Å². The highest BCUT2D eigenvalue weighted by Crippen LogP contribution is 2.29. The molecule has 162 valence electrons. The lowest BCUT2D eigenvalue weighted by atomic mass is 10.1. The Labute approximate surface area is 189 Å². The maximum absolute atomic E-state index is 12.9. The van der Waals surface area contributed by atoms with Crippen LogP contribution in [0.5, 0.6) is 0 Å². The van der Waals surface area contributed by atoms with Crippen molar-refractivity contribution in [2.75, 3.05) is 11.9 Å². The minimum atomic E-state index is -0.742. The second-order valence-electron chi connectivity index (χ2n) is 6.92. The molecule has 8 heteroatoms. The van der Waals surface area contributed by atoms with Gasteiger partial charge in [-0.3, -0.25) is 9.48 Å². The molecule has 1 N–H and O–H groups in total. The fourth-order valence-electron chi connectivity index (χ4n) is 3.15. The lowest BCUT2D eigenvalue weighted by Crippen LogP contribution is -2.16. The Bertz CT molecular complexity index is 1210. The molecule has 32 heavy (non-hydrogen) atoms. The number of aromatic nitrogens is 2. The minimum absolute atomic E-state index is 0.00350. The van der Waals surface area contributed by atoms with Crippen LogP contribution in [0.3, 0.4) is 0 Å². The van der Waals surface area contributed by atoms with Gasteiger partial charge in [0, 0.05) is 22.5 Å². The summed E-state index contributed by atoms with van der Waals surface area (Å²) in [5, 5.41) is 7.95. The third kappa shape index (κ3) is 4.73. The Morgan fingerprint density at radius 3 is 2.69 bits per heavy atom. The van der Waals surface area contributed by atoms with E-state index in [0.717, 1.165) is 5.56 Å². The number of ketones is 1. The molecule has 0 fully saturated rings. The average Bonchev–Trinajstić information content (AvgIpc) is 3.35. The zero-order valence-electron chi connectivity index (χ0n) is 17.2. The van der Waals surface area contributed by atoms with E-state index >= 15 is 0 Å². The lowest BCUT2D eigenvalue weighted by Gasteiger charge is -2.08.